The summed E-state index contributed by atoms with van der Waals surface area (Å²) >= 11 is 0. The second kappa shape index (κ2) is 14.7. The van der Waals surface area contributed by atoms with Crippen molar-refractivity contribution in [2.24, 2.45) is 0 Å². The molecule has 0 aliphatic carbocycles. The van der Waals surface area contributed by atoms with E-state index in [2.05, 4.69) is 12.2 Å². The first kappa shape index (κ1) is 22.7. The van der Waals surface area contributed by atoms with Crippen LogP contribution < -0.4 is 5.32 Å². The minimum absolute atomic E-state index is 0.0349. The molecule has 3 N–H and O–H groups in total. The molecule has 0 unspecified atom stereocenters. The second-order valence-corrected chi connectivity index (χ2v) is 7.19. The Bertz CT molecular complexity index is 464. The Balaban J connectivity index is 2.12. The number of hydrogen-bond donors (Lipinski definition) is 3. The number of benzene rings is 1. The number of hydrogen-bond acceptors (Lipinski definition) is 3. The van der Waals surface area contributed by atoms with Crippen LogP contribution in [0.3, 0.4) is 0 Å². The largest absolute Gasteiger partial charge is 0.394 e. The zero-order chi connectivity index (χ0) is 19.0. The number of rotatable bonds is 15. The highest BCUT2D eigenvalue weighted by atomic mass is 16.3. The summed E-state index contributed by atoms with van der Waals surface area (Å²) in [6.45, 7) is 2.07. The Morgan fingerprint density at radius 3 is 2.12 bits per heavy atom. The van der Waals surface area contributed by atoms with Gasteiger partial charge in [0.05, 0.1) is 18.8 Å². The molecule has 0 saturated carbocycles. The number of carbonyl (C=O) groups is 1. The number of aliphatic hydroxyl groups is 2. The number of carbonyl (C=O) groups excluding carboxylic acids is 1. The number of aliphatic hydroxyl groups excluding tert-OH is 2. The van der Waals surface area contributed by atoms with Gasteiger partial charge in [0.25, 0.3) is 0 Å². The Morgan fingerprint density at radius 2 is 1.54 bits per heavy atom. The fraction of sp³-hybridized carbons (Fsp3) is 0.682. The Kier molecular flexibility index (Phi) is 12.8. The van der Waals surface area contributed by atoms with E-state index in [4.69, 9.17) is 0 Å². The van der Waals surface area contributed by atoms with Gasteiger partial charge in [0.2, 0.25) is 5.91 Å². The molecule has 2 atom stereocenters. The van der Waals surface area contributed by atoms with Gasteiger partial charge >= 0.3 is 0 Å². The standard InChI is InChI=1S/C22H37NO3/c1-2-3-4-5-6-7-8-9-13-16-22(26)23-20(18-24)17-21(25)19-14-11-10-12-15-19/h10-12,14-15,20-21,24-25H,2-9,13,16-18H2,1H3,(H,23,26)/t20-,21-/m1/s1. The highest BCUT2D eigenvalue weighted by Gasteiger charge is 2.17. The van der Waals surface area contributed by atoms with E-state index in [-0.39, 0.29) is 12.5 Å². The summed E-state index contributed by atoms with van der Waals surface area (Å²) in [7, 11) is 0. The lowest BCUT2D eigenvalue weighted by Crippen LogP contribution is -2.38. The predicted octanol–water partition coefficient (Wildman–Crippen LogP) is 4.51. The zero-order valence-electron chi connectivity index (χ0n) is 16.3. The van der Waals surface area contributed by atoms with E-state index in [0.29, 0.717) is 12.8 Å². The molecule has 26 heavy (non-hydrogen) atoms. The summed E-state index contributed by atoms with van der Waals surface area (Å²) in [6.07, 6.45) is 11.2. The lowest BCUT2D eigenvalue weighted by Gasteiger charge is -2.20. The average Bonchev–Trinajstić information content (AvgIpc) is 2.66. The van der Waals surface area contributed by atoms with Crippen LogP contribution in [0.4, 0.5) is 0 Å². The van der Waals surface area contributed by atoms with Crippen molar-refractivity contribution in [3.8, 4) is 0 Å². The monoisotopic (exact) mass is 363 g/mol. The third kappa shape index (κ3) is 10.6. The van der Waals surface area contributed by atoms with Crippen molar-refractivity contribution in [1.29, 1.82) is 0 Å². The molecule has 0 bridgehead atoms. The molecule has 0 saturated heterocycles. The van der Waals surface area contributed by atoms with Gasteiger partial charge in [-0.15, -0.1) is 0 Å². The van der Waals surface area contributed by atoms with Gasteiger partial charge in [0, 0.05) is 6.42 Å². The Hall–Kier alpha value is -1.39. The molecule has 1 aromatic carbocycles. The first-order valence-corrected chi connectivity index (χ1v) is 10.3. The van der Waals surface area contributed by atoms with Crippen LogP contribution in [0.25, 0.3) is 0 Å². The van der Waals surface area contributed by atoms with E-state index in [1.807, 2.05) is 30.3 Å². The van der Waals surface area contributed by atoms with Crippen LogP contribution >= 0.6 is 0 Å². The van der Waals surface area contributed by atoms with E-state index >= 15 is 0 Å². The van der Waals surface area contributed by atoms with Crippen LogP contribution in [0.1, 0.15) is 89.2 Å². The van der Waals surface area contributed by atoms with Crippen LogP contribution in [0, 0.1) is 0 Å². The molecule has 148 valence electrons. The maximum absolute atomic E-state index is 12.0. The first-order chi connectivity index (χ1) is 12.7. The summed E-state index contributed by atoms with van der Waals surface area (Å²) in [6, 6.07) is 8.93. The summed E-state index contributed by atoms with van der Waals surface area (Å²) in [4.78, 5) is 12.0. The van der Waals surface area contributed by atoms with Crippen molar-refractivity contribution in [3.05, 3.63) is 35.9 Å². The topological polar surface area (TPSA) is 69.6 Å². The highest BCUT2D eigenvalue weighted by Crippen LogP contribution is 2.18. The lowest BCUT2D eigenvalue weighted by molar-refractivity contribution is -0.122. The summed E-state index contributed by atoms with van der Waals surface area (Å²) in [5.41, 5.74) is 0.805. The molecule has 0 aromatic heterocycles. The maximum Gasteiger partial charge on any atom is 0.220 e. The van der Waals surface area contributed by atoms with Crippen molar-refractivity contribution in [2.45, 2.75) is 89.7 Å². The molecule has 0 aliphatic heterocycles. The molecule has 0 aliphatic rings. The predicted molar refractivity (Wildman–Crippen MR) is 107 cm³/mol. The van der Waals surface area contributed by atoms with Gasteiger partial charge in [-0.3, -0.25) is 4.79 Å². The van der Waals surface area contributed by atoms with Crippen molar-refractivity contribution >= 4 is 5.91 Å². The van der Waals surface area contributed by atoms with E-state index in [0.717, 1.165) is 18.4 Å². The van der Waals surface area contributed by atoms with Gasteiger partial charge in [0.15, 0.2) is 0 Å². The molecule has 0 radical (unpaired) electrons. The molecule has 1 aromatic rings. The van der Waals surface area contributed by atoms with Crippen molar-refractivity contribution in [3.63, 3.8) is 0 Å². The zero-order valence-corrected chi connectivity index (χ0v) is 16.3. The molecule has 4 heteroatoms. The van der Waals surface area contributed by atoms with Gasteiger partial charge in [-0.2, -0.15) is 0 Å². The van der Waals surface area contributed by atoms with Crippen LogP contribution in [0.5, 0.6) is 0 Å². The quantitative estimate of drug-likeness (QED) is 0.402. The molecular weight excluding hydrogens is 326 g/mol. The van der Waals surface area contributed by atoms with Crippen molar-refractivity contribution < 1.29 is 15.0 Å². The summed E-state index contributed by atoms with van der Waals surface area (Å²) in [5.74, 6) is -0.0349. The molecule has 0 fully saturated rings. The van der Waals surface area contributed by atoms with Gasteiger partial charge in [-0.05, 0) is 18.4 Å². The van der Waals surface area contributed by atoms with E-state index in [9.17, 15) is 15.0 Å². The van der Waals surface area contributed by atoms with Crippen molar-refractivity contribution in [2.75, 3.05) is 6.61 Å². The van der Waals surface area contributed by atoms with E-state index in [1.54, 1.807) is 0 Å². The smallest absolute Gasteiger partial charge is 0.220 e. The fourth-order valence-electron chi connectivity index (χ4n) is 3.16. The minimum atomic E-state index is -0.679. The maximum atomic E-state index is 12.0. The molecule has 4 nitrogen and oxygen atoms in total. The number of nitrogens with one attached hydrogen (secondary N) is 1. The molecule has 0 spiro atoms. The van der Waals surface area contributed by atoms with Crippen LogP contribution in [0.15, 0.2) is 30.3 Å². The van der Waals surface area contributed by atoms with Gasteiger partial charge in [-0.25, -0.2) is 0 Å². The molecule has 1 rings (SSSR count). The van der Waals surface area contributed by atoms with Crippen LogP contribution in [-0.4, -0.2) is 28.8 Å². The first-order valence-electron chi connectivity index (χ1n) is 10.3. The van der Waals surface area contributed by atoms with Crippen LogP contribution in [0.2, 0.25) is 0 Å². The Morgan fingerprint density at radius 1 is 0.962 bits per heavy atom. The van der Waals surface area contributed by atoms with Crippen LogP contribution in [-0.2, 0) is 4.79 Å². The number of amides is 1. The van der Waals surface area contributed by atoms with E-state index < -0.39 is 12.1 Å². The second-order valence-electron chi connectivity index (χ2n) is 7.19. The molecule has 1 amide bonds. The fourth-order valence-corrected chi connectivity index (χ4v) is 3.16. The van der Waals surface area contributed by atoms with E-state index in [1.165, 1.54) is 44.9 Å². The summed E-state index contributed by atoms with van der Waals surface area (Å²) < 4.78 is 0. The SMILES string of the molecule is CCCCCCCCCCCC(=O)N[C@@H](CO)C[C@@H](O)c1ccccc1. The average molecular weight is 364 g/mol. The molecule has 0 heterocycles. The lowest BCUT2D eigenvalue weighted by atomic mass is 10.0. The third-order valence-electron chi connectivity index (χ3n) is 4.79. The Labute approximate surface area is 159 Å². The number of unbranched alkanes of at least 4 members (excludes halogenated alkanes) is 8. The van der Waals surface area contributed by atoms with Crippen molar-refractivity contribution in [1.82, 2.24) is 5.32 Å². The highest BCUT2D eigenvalue weighted by molar-refractivity contribution is 5.76. The normalized spacial score (nSPS) is 13.3. The van der Waals surface area contributed by atoms with Gasteiger partial charge < -0.3 is 15.5 Å². The minimum Gasteiger partial charge on any atom is -0.394 e. The van der Waals surface area contributed by atoms with Gasteiger partial charge in [0.1, 0.15) is 0 Å². The molecular formula is C22H37NO3. The summed E-state index contributed by atoms with van der Waals surface area (Å²) in [5, 5.41) is 22.5. The van der Waals surface area contributed by atoms with Gasteiger partial charge in [-0.1, -0.05) is 88.6 Å². The third-order valence-corrected chi connectivity index (χ3v) is 4.79.